The SMILES string of the molecule is CC(F)(F)c1cc(CON)c2c(c1)OCO2. The monoisotopic (exact) mass is 231 g/mol. The number of rotatable bonds is 3. The standard InChI is InChI=1S/C10H11F2NO3/c1-10(11,12)7-2-6(4-16-13)9-8(3-7)14-5-15-9/h2-3H,4-5,13H2,1H3. The molecule has 0 aromatic heterocycles. The number of alkyl halides is 2. The van der Waals surface area contributed by atoms with Crippen LogP contribution < -0.4 is 15.4 Å². The van der Waals surface area contributed by atoms with Gasteiger partial charge in [-0.3, -0.25) is 4.84 Å². The van der Waals surface area contributed by atoms with Crippen molar-refractivity contribution in [3.8, 4) is 11.5 Å². The molecule has 6 heteroatoms. The summed E-state index contributed by atoms with van der Waals surface area (Å²) in [7, 11) is 0. The third-order valence-corrected chi connectivity index (χ3v) is 2.30. The molecule has 0 saturated carbocycles. The fourth-order valence-electron chi connectivity index (χ4n) is 1.53. The molecule has 0 spiro atoms. The summed E-state index contributed by atoms with van der Waals surface area (Å²) in [5.41, 5.74) is 0.304. The molecule has 1 aromatic rings. The lowest BCUT2D eigenvalue weighted by Gasteiger charge is -2.13. The van der Waals surface area contributed by atoms with Crippen molar-refractivity contribution in [2.75, 3.05) is 6.79 Å². The van der Waals surface area contributed by atoms with E-state index in [4.69, 9.17) is 15.4 Å². The highest BCUT2D eigenvalue weighted by atomic mass is 19.3. The Bertz CT molecular complexity index is 404. The molecule has 1 aliphatic heterocycles. The average molecular weight is 231 g/mol. The van der Waals surface area contributed by atoms with Gasteiger partial charge in [0.05, 0.1) is 6.61 Å². The zero-order valence-corrected chi connectivity index (χ0v) is 8.63. The van der Waals surface area contributed by atoms with E-state index in [2.05, 4.69) is 4.84 Å². The molecule has 0 bridgehead atoms. The van der Waals surface area contributed by atoms with Crippen LogP contribution in [0.2, 0.25) is 0 Å². The quantitative estimate of drug-likeness (QED) is 0.807. The minimum Gasteiger partial charge on any atom is -0.454 e. The van der Waals surface area contributed by atoms with Crippen LogP contribution in [0, 0.1) is 0 Å². The second-order valence-electron chi connectivity index (χ2n) is 3.57. The largest absolute Gasteiger partial charge is 0.454 e. The predicted molar refractivity (Wildman–Crippen MR) is 51.1 cm³/mol. The number of ether oxygens (including phenoxy) is 2. The van der Waals surface area contributed by atoms with E-state index >= 15 is 0 Å². The Hall–Kier alpha value is -1.40. The van der Waals surface area contributed by atoms with Gasteiger partial charge in [0.15, 0.2) is 11.5 Å². The maximum Gasteiger partial charge on any atom is 0.270 e. The van der Waals surface area contributed by atoms with Crippen LogP contribution in [0.1, 0.15) is 18.1 Å². The molecule has 0 radical (unpaired) electrons. The third kappa shape index (κ3) is 1.94. The predicted octanol–water partition coefficient (Wildman–Crippen LogP) is 1.92. The van der Waals surface area contributed by atoms with E-state index in [1.807, 2.05) is 0 Å². The van der Waals surface area contributed by atoms with Gasteiger partial charge < -0.3 is 9.47 Å². The lowest BCUT2D eigenvalue weighted by atomic mass is 10.0. The van der Waals surface area contributed by atoms with Gasteiger partial charge in [-0.15, -0.1) is 0 Å². The Morgan fingerprint density at radius 3 is 2.81 bits per heavy atom. The fourth-order valence-corrected chi connectivity index (χ4v) is 1.53. The lowest BCUT2D eigenvalue weighted by molar-refractivity contribution is 0.0170. The summed E-state index contributed by atoms with van der Waals surface area (Å²) in [4.78, 5) is 4.44. The minimum absolute atomic E-state index is 0.00435. The summed E-state index contributed by atoms with van der Waals surface area (Å²) >= 11 is 0. The van der Waals surface area contributed by atoms with Crippen LogP contribution in [-0.2, 0) is 17.4 Å². The van der Waals surface area contributed by atoms with Crippen LogP contribution >= 0.6 is 0 Å². The molecule has 0 aliphatic carbocycles. The summed E-state index contributed by atoms with van der Waals surface area (Å²) in [5.74, 6) is 2.70. The number of hydrogen-bond acceptors (Lipinski definition) is 4. The van der Waals surface area contributed by atoms with Crippen LogP contribution in [0.4, 0.5) is 8.78 Å². The first-order valence-electron chi connectivity index (χ1n) is 4.65. The number of halogens is 2. The molecule has 0 amide bonds. The highest BCUT2D eigenvalue weighted by molar-refractivity contribution is 5.51. The zero-order valence-electron chi connectivity index (χ0n) is 8.63. The van der Waals surface area contributed by atoms with Gasteiger partial charge >= 0.3 is 0 Å². The molecule has 88 valence electrons. The van der Waals surface area contributed by atoms with Crippen molar-refractivity contribution < 1.29 is 23.1 Å². The van der Waals surface area contributed by atoms with Gasteiger partial charge in [-0.2, -0.15) is 0 Å². The number of nitrogens with two attached hydrogens (primary N) is 1. The lowest BCUT2D eigenvalue weighted by Crippen LogP contribution is -2.08. The highest BCUT2D eigenvalue weighted by Crippen LogP contribution is 2.41. The van der Waals surface area contributed by atoms with E-state index in [9.17, 15) is 8.78 Å². The molecular weight excluding hydrogens is 220 g/mol. The van der Waals surface area contributed by atoms with Gasteiger partial charge in [0.25, 0.3) is 5.92 Å². The van der Waals surface area contributed by atoms with Crippen LogP contribution in [-0.4, -0.2) is 6.79 Å². The smallest absolute Gasteiger partial charge is 0.270 e. The summed E-state index contributed by atoms with van der Waals surface area (Å²) < 4.78 is 36.6. The minimum atomic E-state index is -2.94. The first kappa shape index (κ1) is 11.1. The van der Waals surface area contributed by atoms with Crippen molar-refractivity contribution in [1.29, 1.82) is 0 Å². The summed E-state index contributed by atoms with van der Waals surface area (Å²) in [6.45, 7) is 0.832. The summed E-state index contributed by atoms with van der Waals surface area (Å²) in [6.07, 6.45) is 0. The molecule has 0 fully saturated rings. The molecule has 1 aliphatic rings. The number of hydrogen-bond donors (Lipinski definition) is 1. The molecule has 1 aromatic carbocycles. The third-order valence-electron chi connectivity index (χ3n) is 2.30. The Morgan fingerprint density at radius 1 is 1.44 bits per heavy atom. The van der Waals surface area contributed by atoms with Crippen molar-refractivity contribution >= 4 is 0 Å². The Labute approximate surface area is 90.9 Å². The second kappa shape index (κ2) is 3.88. The van der Waals surface area contributed by atoms with Crippen LogP contribution in [0.3, 0.4) is 0 Å². The maximum atomic E-state index is 13.2. The van der Waals surface area contributed by atoms with Crippen molar-refractivity contribution in [2.24, 2.45) is 5.90 Å². The molecule has 1 heterocycles. The second-order valence-corrected chi connectivity index (χ2v) is 3.57. The van der Waals surface area contributed by atoms with Gasteiger partial charge in [-0.25, -0.2) is 14.7 Å². The van der Waals surface area contributed by atoms with Crippen LogP contribution in [0.15, 0.2) is 12.1 Å². The van der Waals surface area contributed by atoms with Crippen molar-refractivity contribution in [2.45, 2.75) is 19.5 Å². The average Bonchev–Trinajstić information content (AvgIpc) is 2.64. The van der Waals surface area contributed by atoms with Gasteiger partial charge in [0, 0.05) is 18.1 Å². The highest BCUT2D eigenvalue weighted by Gasteiger charge is 2.29. The molecule has 0 unspecified atom stereocenters. The summed E-state index contributed by atoms with van der Waals surface area (Å²) in [5, 5.41) is 0. The van der Waals surface area contributed by atoms with Gasteiger partial charge in [-0.05, 0) is 12.1 Å². The normalized spacial score (nSPS) is 14.2. The van der Waals surface area contributed by atoms with E-state index in [-0.39, 0.29) is 19.0 Å². The van der Waals surface area contributed by atoms with Crippen LogP contribution in [0.5, 0.6) is 11.5 Å². The Kier molecular flexibility index (Phi) is 2.69. The molecular formula is C10H11F2NO3. The summed E-state index contributed by atoms with van der Waals surface area (Å²) in [6, 6.07) is 2.57. The first-order valence-corrected chi connectivity index (χ1v) is 4.65. The van der Waals surface area contributed by atoms with E-state index in [1.54, 1.807) is 0 Å². The van der Waals surface area contributed by atoms with Gasteiger partial charge in [0.1, 0.15) is 0 Å². The van der Waals surface area contributed by atoms with Crippen molar-refractivity contribution in [1.82, 2.24) is 0 Å². The molecule has 2 N–H and O–H groups in total. The van der Waals surface area contributed by atoms with E-state index in [0.29, 0.717) is 17.1 Å². The number of fused-ring (bicyclic) bond motifs is 1. The van der Waals surface area contributed by atoms with Crippen molar-refractivity contribution in [3.63, 3.8) is 0 Å². The molecule has 2 rings (SSSR count). The van der Waals surface area contributed by atoms with Crippen molar-refractivity contribution in [3.05, 3.63) is 23.3 Å². The Balaban J connectivity index is 2.47. The topological polar surface area (TPSA) is 53.7 Å². The molecule has 0 atom stereocenters. The zero-order chi connectivity index (χ0) is 11.8. The first-order chi connectivity index (χ1) is 7.52. The molecule has 4 nitrogen and oxygen atoms in total. The van der Waals surface area contributed by atoms with Crippen LogP contribution in [0.25, 0.3) is 0 Å². The van der Waals surface area contributed by atoms with E-state index in [1.165, 1.54) is 12.1 Å². The Morgan fingerprint density at radius 2 is 2.19 bits per heavy atom. The number of benzene rings is 1. The maximum absolute atomic E-state index is 13.2. The molecule has 0 saturated heterocycles. The van der Waals surface area contributed by atoms with Gasteiger partial charge in [0.2, 0.25) is 6.79 Å². The van der Waals surface area contributed by atoms with E-state index < -0.39 is 5.92 Å². The molecule has 16 heavy (non-hydrogen) atoms. The fraction of sp³-hybridized carbons (Fsp3) is 0.400. The van der Waals surface area contributed by atoms with Gasteiger partial charge in [-0.1, -0.05) is 0 Å². The van der Waals surface area contributed by atoms with E-state index in [0.717, 1.165) is 6.92 Å².